The van der Waals surface area contributed by atoms with Crippen molar-refractivity contribution in [2.75, 3.05) is 0 Å². The summed E-state index contributed by atoms with van der Waals surface area (Å²) >= 11 is 3.69. The van der Waals surface area contributed by atoms with E-state index in [4.69, 9.17) is 0 Å². The second kappa shape index (κ2) is 4.32. The number of thiophene rings is 2. The predicted molar refractivity (Wildman–Crippen MR) is 111 cm³/mol. The molecule has 2 aromatic heterocycles. The van der Waals surface area contributed by atoms with E-state index < -0.39 is 0 Å². The van der Waals surface area contributed by atoms with E-state index in [1.54, 1.807) is 0 Å². The SMILES string of the molecule is C=C1c2cc3cc4c(cc3cc2-c2sccc21)C(C)(C)c1ccsc1-4. The maximum Gasteiger partial charge on any atom is 0.0427 e. The van der Waals surface area contributed by atoms with Crippen LogP contribution in [-0.2, 0) is 5.41 Å². The van der Waals surface area contributed by atoms with Crippen LogP contribution in [-0.4, -0.2) is 0 Å². The molecule has 0 fully saturated rings. The Morgan fingerprint density at radius 1 is 0.720 bits per heavy atom. The lowest BCUT2D eigenvalue weighted by Crippen LogP contribution is -2.14. The van der Waals surface area contributed by atoms with Crippen LogP contribution in [0.1, 0.15) is 36.1 Å². The molecule has 0 saturated carbocycles. The van der Waals surface area contributed by atoms with E-state index in [0.29, 0.717) is 0 Å². The van der Waals surface area contributed by atoms with Gasteiger partial charge in [0.05, 0.1) is 0 Å². The fourth-order valence-corrected chi connectivity index (χ4v) is 6.59. The van der Waals surface area contributed by atoms with Crippen LogP contribution in [0.3, 0.4) is 0 Å². The third-order valence-corrected chi connectivity index (χ3v) is 7.83. The molecule has 0 radical (unpaired) electrons. The highest BCUT2D eigenvalue weighted by Crippen LogP contribution is 2.53. The van der Waals surface area contributed by atoms with Crippen molar-refractivity contribution < 1.29 is 0 Å². The molecule has 0 nitrogen and oxygen atoms in total. The summed E-state index contributed by atoms with van der Waals surface area (Å²) in [4.78, 5) is 2.82. The monoisotopic (exact) mass is 356 g/mol. The number of fused-ring (bicyclic) bond motifs is 7. The first-order chi connectivity index (χ1) is 12.1. The van der Waals surface area contributed by atoms with Crippen LogP contribution in [0.15, 0.2) is 53.7 Å². The first-order valence-electron chi connectivity index (χ1n) is 8.54. The third-order valence-electron chi connectivity index (χ3n) is 5.93. The Kier molecular flexibility index (Phi) is 2.43. The standard InChI is InChI=1S/C23H16S2/c1-12-15-4-6-24-21(15)17-9-14-11-20-18(10-13(14)8-16(12)17)22-19(5-7-25-22)23(20,2)3/h4-11H,1H2,2-3H3. The molecule has 2 heterocycles. The molecule has 0 atom stereocenters. The molecule has 0 aliphatic heterocycles. The highest BCUT2D eigenvalue weighted by atomic mass is 32.1. The fourth-order valence-electron chi connectivity index (χ4n) is 4.55. The molecule has 0 amide bonds. The van der Waals surface area contributed by atoms with Crippen LogP contribution in [0.25, 0.3) is 37.2 Å². The normalized spacial score (nSPS) is 16.0. The van der Waals surface area contributed by atoms with Gasteiger partial charge in [-0.15, -0.1) is 22.7 Å². The quantitative estimate of drug-likeness (QED) is 0.273. The zero-order valence-electron chi connectivity index (χ0n) is 14.1. The Hall–Kier alpha value is -2.16. The van der Waals surface area contributed by atoms with Gasteiger partial charge >= 0.3 is 0 Å². The molecule has 6 rings (SSSR count). The molecule has 25 heavy (non-hydrogen) atoms. The highest BCUT2D eigenvalue weighted by Gasteiger charge is 2.36. The molecule has 4 aromatic rings. The molecular weight excluding hydrogens is 340 g/mol. The summed E-state index contributed by atoms with van der Waals surface area (Å²) in [6, 6.07) is 14.0. The summed E-state index contributed by atoms with van der Waals surface area (Å²) in [7, 11) is 0. The highest BCUT2D eigenvalue weighted by molar-refractivity contribution is 7.14. The minimum absolute atomic E-state index is 0.0928. The van der Waals surface area contributed by atoms with Gasteiger partial charge in [-0.3, -0.25) is 0 Å². The Balaban J connectivity index is 1.69. The average molecular weight is 357 g/mol. The molecule has 0 N–H and O–H groups in total. The second-order valence-corrected chi connectivity index (χ2v) is 9.41. The zero-order valence-corrected chi connectivity index (χ0v) is 15.8. The molecule has 0 saturated heterocycles. The van der Waals surface area contributed by atoms with E-state index in [9.17, 15) is 0 Å². The van der Waals surface area contributed by atoms with Crippen LogP contribution < -0.4 is 0 Å². The van der Waals surface area contributed by atoms with Gasteiger partial charge in [0.25, 0.3) is 0 Å². The van der Waals surface area contributed by atoms with Gasteiger partial charge in [0, 0.05) is 26.3 Å². The molecule has 0 spiro atoms. The lowest BCUT2D eigenvalue weighted by molar-refractivity contribution is 0.662. The molecular formula is C23H16S2. The second-order valence-electron chi connectivity index (χ2n) is 7.57. The van der Waals surface area contributed by atoms with Gasteiger partial charge in [0.15, 0.2) is 0 Å². The van der Waals surface area contributed by atoms with Crippen molar-refractivity contribution in [3.05, 3.63) is 76.0 Å². The lowest BCUT2D eigenvalue weighted by Gasteiger charge is -2.21. The molecule has 0 unspecified atom stereocenters. The molecule has 0 bridgehead atoms. The Labute approximate surface area is 155 Å². The summed E-state index contributed by atoms with van der Waals surface area (Å²) in [6.45, 7) is 9.05. The zero-order chi connectivity index (χ0) is 16.9. The van der Waals surface area contributed by atoms with E-state index in [-0.39, 0.29) is 5.41 Å². The van der Waals surface area contributed by atoms with Crippen molar-refractivity contribution in [1.29, 1.82) is 0 Å². The number of hydrogen-bond donors (Lipinski definition) is 0. The van der Waals surface area contributed by atoms with Gasteiger partial charge in [-0.05, 0) is 85.8 Å². The van der Waals surface area contributed by atoms with Gasteiger partial charge in [0.2, 0.25) is 0 Å². The fraction of sp³-hybridized carbons (Fsp3) is 0.130. The molecule has 2 aliphatic rings. The molecule has 2 heteroatoms. The maximum absolute atomic E-state index is 4.35. The summed E-state index contributed by atoms with van der Waals surface area (Å²) in [5.41, 5.74) is 9.59. The van der Waals surface area contributed by atoms with E-state index in [0.717, 1.165) is 0 Å². The summed E-state index contributed by atoms with van der Waals surface area (Å²) < 4.78 is 0. The van der Waals surface area contributed by atoms with Crippen molar-refractivity contribution in [3.8, 4) is 20.9 Å². The average Bonchev–Trinajstić information content (AvgIpc) is 3.33. The smallest absolute Gasteiger partial charge is 0.0427 e. The van der Waals surface area contributed by atoms with Crippen molar-refractivity contribution >= 4 is 39.0 Å². The van der Waals surface area contributed by atoms with Crippen molar-refractivity contribution in [1.82, 2.24) is 0 Å². The van der Waals surface area contributed by atoms with E-state index in [2.05, 4.69) is 67.6 Å². The third kappa shape index (κ3) is 1.58. The van der Waals surface area contributed by atoms with Gasteiger partial charge in [-0.2, -0.15) is 0 Å². The predicted octanol–water partition coefficient (Wildman–Crippen LogP) is 7.31. The van der Waals surface area contributed by atoms with Crippen molar-refractivity contribution in [2.24, 2.45) is 0 Å². The van der Waals surface area contributed by atoms with Gasteiger partial charge in [-0.1, -0.05) is 20.4 Å². The van der Waals surface area contributed by atoms with Crippen LogP contribution in [0, 0.1) is 0 Å². The van der Waals surface area contributed by atoms with E-state index >= 15 is 0 Å². The topological polar surface area (TPSA) is 0 Å². The van der Waals surface area contributed by atoms with E-state index in [1.165, 1.54) is 59.5 Å². The first kappa shape index (κ1) is 14.1. The Morgan fingerprint density at radius 3 is 2.28 bits per heavy atom. The first-order valence-corrected chi connectivity index (χ1v) is 10.3. The van der Waals surface area contributed by atoms with Crippen LogP contribution in [0.5, 0.6) is 0 Å². The number of rotatable bonds is 0. The Bertz CT molecular complexity index is 1230. The molecule has 2 aliphatic carbocycles. The minimum atomic E-state index is 0.0928. The van der Waals surface area contributed by atoms with Crippen LogP contribution >= 0.6 is 22.7 Å². The number of benzene rings is 2. The van der Waals surface area contributed by atoms with Gasteiger partial charge in [0.1, 0.15) is 0 Å². The number of hydrogen-bond acceptors (Lipinski definition) is 2. The van der Waals surface area contributed by atoms with E-state index in [1.807, 2.05) is 22.7 Å². The summed E-state index contributed by atoms with van der Waals surface area (Å²) in [5, 5.41) is 7.07. The van der Waals surface area contributed by atoms with Crippen molar-refractivity contribution in [3.63, 3.8) is 0 Å². The molecule has 120 valence electrons. The summed E-state index contributed by atoms with van der Waals surface area (Å²) in [5.74, 6) is 0. The van der Waals surface area contributed by atoms with Crippen molar-refractivity contribution in [2.45, 2.75) is 19.3 Å². The minimum Gasteiger partial charge on any atom is -0.143 e. The Morgan fingerprint density at radius 2 is 1.40 bits per heavy atom. The largest absolute Gasteiger partial charge is 0.143 e. The van der Waals surface area contributed by atoms with Gasteiger partial charge in [-0.25, -0.2) is 0 Å². The lowest BCUT2D eigenvalue weighted by atomic mass is 9.82. The van der Waals surface area contributed by atoms with Crippen LogP contribution in [0.2, 0.25) is 0 Å². The molecule has 2 aromatic carbocycles. The summed E-state index contributed by atoms with van der Waals surface area (Å²) in [6.07, 6.45) is 0. The van der Waals surface area contributed by atoms with Crippen LogP contribution in [0.4, 0.5) is 0 Å². The van der Waals surface area contributed by atoms with Gasteiger partial charge < -0.3 is 0 Å². The maximum atomic E-state index is 4.35.